The molecule has 3 aromatic rings. The fourth-order valence-corrected chi connectivity index (χ4v) is 3.65. The summed E-state index contributed by atoms with van der Waals surface area (Å²) in [6.07, 6.45) is 2.44. The summed E-state index contributed by atoms with van der Waals surface area (Å²) in [5, 5.41) is 33.7. The van der Waals surface area contributed by atoms with Gasteiger partial charge in [-0.3, -0.25) is 30.3 Å². The van der Waals surface area contributed by atoms with Crippen LogP contribution < -0.4 is 5.32 Å². The summed E-state index contributed by atoms with van der Waals surface area (Å²) in [6, 6.07) is 11.9. The van der Waals surface area contributed by atoms with Crippen molar-refractivity contribution in [3.63, 3.8) is 0 Å². The van der Waals surface area contributed by atoms with Crippen LogP contribution in [0.25, 0.3) is 0 Å². The molecule has 1 heterocycles. The fraction of sp³-hybridized carbons (Fsp3) is 0.211. The zero-order valence-corrected chi connectivity index (χ0v) is 16.7. The Morgan fingerprint density at radius 1 is 1.07 bits per heavy atom. The SMILES string of the molecule is Cc1c(C(=O)Nc2nnc(CCCc3ccccc3)s2)cc([N+](=O)[O-])cc1[N+](=O)[O-]. The Kier molecular flexibility index (Phi) is 6.42. The van der Waals surface area contributed by atoms with Crippen LogP contribution in [0.15, 0.2) is 42.5 Å². The number of hydrogen-bond acceptors (Lipinski definition) is 8. The molecule has 0 unspecified atom stereocenters. The predicted molar refractivity (Wildman–Crippen MR) is 111 cm³/mol. The molecule has 0 bridgehead atoms. The maximum Gasteiger partial charge on any atom is 0.279 e. The normalized spacial score (nSPS) is 10.6. The molecule has 1 N–H and O–H groups in total. The molecule has 2 aromatic carbocycles. The highest BCUT2D eigenvalue weighted by Gasteiger charge is 2.25. The molecule has 0 aliphatic carbocycles. The molecule has 0 aliphatic rings. The third kappa shape index (κ3) is 5.00. The lowest BCUT2D eigenvalue weighted by atomic mass is 10.0. The molecule has 30 heavy (non-hydrogen) atoms. The number of nitro benzene ring substituents is 2. The molecule has 1 amide bonds. The van der Waals surface area contributed by atoms with Gasteiger partial charge in [0.1, 0.15) is 5.01 Å². The Hall–Kier alpha value is -3.73. The van der Waals surface area contributed by atoms with Gasteiger partial charge >= 0.3 is 0 Å². The van der Waals surface area contributed by atoms with Crippen LogP contribution in [0.5, 0.6) is 0 Å². The van der Waals surface area contributed by atoms with Crippen LogP contribution in [-0.2, 0) is 12.8 Å². The van der Waals surface area contributed by atoms with Gasteiger partial charge in [0.15, 0.2) is 0 Å². The first-order chi connectivity index (χ1) is 14.3. The molecule has 1 aromatic heterocycles. The van der Waals surface area contributed by atoms with Crippen molar-refractivity contribution in [1.29, 1.82) is 0 Å². The second-order valence-electron chi connectivity index (χ2n) is 6.45. The smallest absolute Gasteiger partial charge is 0.279 e. The van der Waals surface area contributed by atoms with Crippen LogP contribution in [0.2, 0.25) is 0 Å². The average molecular weight is 427 g/mol. The van der Waals surface area contributed by atoms with Gasteiger partial charge in [0.2, 0.25) is 5.13 Å². The Balaban J connectivity index is 1.69. The first-order valence-corrected chi connectivity index (χ1v) is 9.78. The van der Waals surface area contributed by atoms with E-state index in [9.17, 15) is 25.0 Å². The maximum atomic E-state index is 12.6. The summed E-state index contributed by atoms with van der Waals surface area (Å²) in [6.45, 7) is 1.37. The summed E-state index contributed by atoms with van der Waals surface area (Å²) >= 11 is 1.20. The minimum atomic E-state index is -0.779. The zero-order valence-electron chi connectivity index (χ0n) is 15.9. The molecule has 0 saturated heterocycles. The fourth-order valence-electron chi connectivity index (χ4n) is 2.87. The van der Waals surface area contributed by atoms with E-state index in [-0.39, 0.29) is 16.3 Å². The second kappa shape index (κ2) is 9.18. The molecule has 10 nitrogen and oxygen atoms in total. The Bertz CT molecular complexity index is 1100. The number of aryl methyl sites for hydroxylation is 2. The Morgan fingerprint density at radius 2 is 1.80 bits per heavy atom. The van der Waals surface area contributed by atoms with E-state index in [0.29, 0.717) is 6.42 Å². The van der Waals surface area contributed by atoms with Gasteiger partial charge in [-0.1, -0.05) is 41.7 Å². The van der Waals surface area contributed by atoms with E-state index in [4.69, 9.17) is 0 Å². The van der Waals surface area contributed by atoms with Crippen LogP contribution in [0.4, 0.5) is 16.5 Å². The highest BCUT2D eigenvalue weighted by Crippen LogP contribution is 2.29. The van der Waals surface area contributed by atoms with Crippen molar-refractivity contribution in [2.45, 2.75) is 26.2 Å². The van der Waals surface area contributed by atoms with E-state index in [1.165, 1.54) is 23.8 Å². The predicted octanol–water partition coefficient (Wildman–Crippen LogP) is 4.09. The number of carbonyl (C=O) groups is 1. The molecule has 0 fully saturated rings. The van der Waals surface area contributed by atoms with Gasteiger partial charge < -0.3 is 0 Å². The van der Waals surface area contributed by atoms with Gasteiger partial charge in [-0.05, 0) is 25.3 Å². The van der Waals surface area contributed by atoms with Crippen LogP contribution in [0.3, 0.4) is 0 Å². The van der Waals surface area contributed by atoms with Crippen molar-refractivity contribution in [2.24, 2.45) is 0 Å². The molecule has 154 valence electrons. The standard InChI is InChI=1S/C19H17N5O5S/c1-12-15(10-14(23(26)27)11-16(12)24(28)29)18(25)20-19-22-21-17(30-19)9-5-8-13-6-3-2-4-7-13/h2-4,6-7,10-11H,5,8-9H2,1H3,(H,20,22,25). The van der Waals surface area contributed by atoms with Crippen LogP contribution in [0.1, 0.15) is 32.9 Å². The average Bonchev–Trinajstić information content (AvgIpc) is 3.15. The van der Waals surface area contributed by atoms with Gasteiger partial charge in [-0.15, -0.1) is 10.2 Å². The third-order valence-electron chi connectivity index (χ3n) is 4.40. The topological polar surface area (TPSA) is 141 Å². The van der Waals surface area contributed by atoms with E-state index in [2.05, 4.69) is 15.5 Å². The van der Waals surface area contributed by atoms with Gasteiger partial charge in [0, 0.05) is 18.1 Å². The minimum absolute atomic E-state index is 0.0377. The third-order valence-corrected chi connectivity index (χ3v) is 5.30. The molecule has 0 spiro atoms. The monoisotopic (exact) mass is 427 g/mol. The summed E-state index contributed by atoms with van der Waals surface area (Å²) in [5.74, 6) is -0.716. The number of nitro groups is 2. The molecule has 0 atom stereocenters. The Labute approximate surface area is 174 Å². The molecular formula is C19H17N5O5S. The summed E-state index contributed by atoms with van der Waals surface area (Å²) in [5.41, 5.74) is 0.0789. The Morgan fingerprint density at radius 3 is 2.47 bits per heavy atom. The number of amides is 1. The van der Waals surface area contributed by atoms with Crippen LogP contribution in [-0.4, -0.2) is 26.0 Å². The van der Waals surface area contributed by atoms with Gasteiger partial charge in [-0.2, -0.15) is 0 Å². The highest BCUT2D eigenvalue weighted by molar-refractivity contribution is 7.15. The molecule has 0 radical (unpaired) electrons. The lowest BCUT2D eigenvalue weighted by Gasteiger charge is -2.06. The largest absolute Gasteiger partial charge is 0.296 e. The number of aromatic nitrogens is 2. The van der Waals surface area contributed by atoms with Crippen LogP contribution in [0, 0.1) is 27.2 Å². The number of nitrogens with zero attached hydrogens (tertiary/aromatic N) is 4. The van der Waals surface area contributed by atoms with Crippen molar-refractivity contribution < 1.29 is 14.6 Å². The van der Waals surface area contributed by atoms with E-state index < -0.39 is 27.1 Å². The number of rotatable bonds is 8. The van der Waals surface area contributed by atoms with Crippen molar-refractivity contribution in [1.82, 2.24) is 10.2 Å². The quantitative estimate of drug-likeness (QED) is 0.421. The van der Waals surface area contributed by atoms with E-state index in [0.717, 1.165) is 30.0 Å². The number of carbonyl (C=O) groups excluding carboxylic acids is 1. The number of hydrogen-bond donors (Lipinski definition) is 1. The zero-order chi connectivity index (χ0) is 21.7. The van der Waals surface area contributed by atoms with Crippen LogP contribution >= 0.6 is 11.3 Å². The molecule has 0 aliphatic heterocycles. The van der Waals surface area contributed by atoms with Crippen molar-refractivity contribution in [3.05, 3.63) is 84.4 Å². The number of anilines is 1. The van der Waals surface area contributed by atoms with Crippen molar-refractivity contribution in [2.75, 3.05) is 5.32 Å². The van der Waals surface area contributed by atoms with Gasteiger partial charge in [0.25, 0.3) is 17.3 Å². The van der Waals surface area contributed by atoms with E-state index >= 15 is 0 Å². The summed E-state index contributed by atoms with van der Waals surface area (Å²) in [7, 11) is 0. The van der Waals surface area contributed by atoms with Gasteiger partial charge in [0.05, 0.1) is 21.5 Å². The molecule has 0 saturated carbocycles. The second-order valence-corrected chi connectivity index (χ2v) is 7.51. The summed E-state index contributed by atoms with van der Waals surface area (Å²) < 4.78 is 0. The lowest BCUT2D eigenvalue weighted by Crippen LogP contribution is -2.14. The first kappa shape index (κ1) is 21.0. The van der Waals surface area contributed by atoms with Crippen molar-refractivity contribution in [3.8, 4) is 0 Å². The first-order valence-electron chi connectivity index (χ1n) is 8.96. The molecular weight excluding hydrogens is 410 g/mol. The van der Waals surface area contributed by atoms with E-state index in [1.807, 2.05) is 30.3 Å². The highest BCUT2D eigenvalue weighted by atomic mass is 32.1. The number of non-ortho nitro benzene ring substituents is 1. The minimum Gasteiger partial charge on any atom is -0.296 e. The van der Waals surface area contributed by atoms with Crippen molar-refractivity contribution >= 4 is 33.8 Å². The number of nitrogens with one attached hydrogen (secondary N) is 1. The number of benzene rings is 2. The molecule has 11 heteroatoms. The summed E-state index contributed by atoms with van der Waals surface area (Å²) in [4.78, 5) is 33.3. The van der Waals surface area contributed by atoms with E-state index in [1.54, 1.807) is 0 Å². The lowest BCUT2D eigenvalue weighted by molar-refractivity contribution is -0.394. The molecule has 3 rings (SSSR count). The van der Waals surface area contributed by atoms with Gasteiger partial charge in [-0.25, -0.2) is 0 Å². The maximum absolute atomic E-state index is 12.6.